The van der Waals surface area contributed by atoms with Gasteiger partial charge in [-0.2, -0.15) is 0 Å². The zero-order chi connectivity index (χ0) is 21.1. The van der Waals surface area contributed by atoms with Crippen molar-refractivity contribution < 1.29 is 19.4 Å². The van der Waals surface area contributed by atoms with E-state index < -0.39 is 17.6 Å². The minimum atomic E-state index is -1.47. The summed E-state index contributed by atoms with van der Waals surface area (Å²) >= 11 is 0. The molecule has 152 valence electrons. The Morgan fingerprint density at radius 1 is 0.900 bits per heavy atom. The van der Waals surface area contributed by atoms with E-state index >= 15 is 0 Å². The molecule has 0 heterocycles. The highest BCUT2D eigenvalue weighted by Crippen LogP contribution is 2.44. The summed E-state index contributed by atoms with van der Waals surface area (Å²) in [5.41, 5.74) is 3.85. The molecule has 0 aromatic heterocycles. The fourth-order valence-electron chi connectivity index (χ4n) is 4.04. The Bertz CT molecular complexity index is 1030. The third-order valence-corrected chi connectivity index (χ3v) is 5.59. The van der Waals surface area contributed by atoms with Gasteiger partial charge in [0.1, 0.15) is 12.1 Å². The van der Waals surface area contributed by atoms with Crippen molar-refractivity contribution in [1.29, 1.82) is 0 Å². The number of nitrogens with one attached hydrogen (secondary N) is 1. The zero-order valence-corrected chi connectivity index (χ0v) is 16.7. The molecule has 3 aromatic rings. The standard InChI is InChI=1S/C25H23NO4/c1-25(23(27)28,15-17-9-3-2-4-10-17)26-24(29)30-16-22-20-13-7-5-11-18(20)19-12-6-8-14-21(19)22/h2-14,22H,15-16H2,1H3,(H,26,29)(H,27,28)/t25-/m1/s1. The van der Waals surface area contributed by atoms with Crippen LogP contribution in [-0.4, -0.2) is 29.3 Å². The van der Waals surface area contributed by atoms with Crippen molar-refractivity contribution in [1.82, 2.24) is 5.32 Å². The number of amides is 1. The van der Waals surface area contributed by atoms with Gasteiger partial charge in [0, 0.05) is 12.3 Å². The molecule has 1 aliphatic rings. The van der Waals surface area contributed by atoms with Crippen LogP contribution in [0.1, 0.15) is 29.5 Å². The van der Waals surface area contributed by atoms with Gasteiger partial charge in [0.2, 0.25) is 0 Å². The van der Waals surface area contributed by atoms with Crippen LogP contribution in [0.4, 0.5) is 4.79 Å². The lowest BCUT2D eigenvalue weighted by atomic mass is 9.93. The summed E-state index contributed by atoms with van der Waals surface area (Å²) in [6.07, 6.45) is -0.578. The van der Waals surface area contributed by atoms with Crippen molar-refractivity contribution in [3.63, 3.8) is 0 Å². The van der Waals surface area contributed by atoms with Crippen molar-refractivity contribution >= 4 is 12.1 Å². The summed E-state index contributed by atoms with van der Waals surface area (Å²) in [4.78, 5) is 24.4. The maximum absolute atomic E-state index is 12.5. The van der Waals surface area contributed by atoms with E-state index in [0.717, 1.165) is 27.8 Å². The fraction of sp³-hybridized carbons (Fsp3) is 0.200. The van der Waals surface area contributed by atoms with Crippen LogP contribution in [0.2, 0.25) is 0 Å². The van der Waals surface area contributed by atoms with Gasteiger partial charge >= 0.3 is 12.1 Å². The smallest absolute Gasteiger partial charge is 0.408 e. The van der Waals surface area contributed by atoms with E-state index in [1.165, 1.54) is 6.92 Å². The van der Waals surface area contributed by atoms with Gasteiger partial charge in [0.05, 0.1) is 0 Å². The number of hydrogen-bond acceptors (Lipinski definition) is 3. The first kappa shape index (κ1) is 19.7. The summed E-state index contributed by atoms with van der Waals surface area (Å²) in [5, 5.41) is 12.3. The Kier molecular flexibility index (Phi) is 5.27. The van der Waals surface area contributed by atoms with Crippen molar-refractivity contribution in [3.05, 3.63) is 95.6 Å². The highest BCUT2D eigenvalue weighted by Gasteiger charge is 2.36. The lowest BCUT2D eigenvalue weighted by molar-refractivity contribution is -0.143. The number of carbonyl (C=O) groups is 2. The summed E-state index contributed by atoms with van der Waals surface area (Å²) in [6, 6.07) is 25.3. The van der Waals surface area contributed by atoms with Gasteiger partial charge in [-0.3, -0.25) is 0 Å². The SMILES string of the molecule is C[C@](Cc1ccccc1)(NC(=O)OCC1c2ccccc2-c2ccccc21)C(=O)O. The Hall–Kier alpha value is -3.60. The Morgan fingerprint density at radius 2 is 1.43 bits per heavy atom. The lowest BCUT2D eigenvalue weighted by Gasteiger charge is -2.26. The molecule has 4 rings (SSSR count). The summed E-state index contributed by atoms with van der Waals surface area (Å²) < 4.78 is 5.51. The molecule has 3 aromatic carbocycles. The first-order valence-electron chi connectivity index (χ1n) is 9.88. The monoisotopic (exact) mass is 401 g/mol. The molecule has 0 radical (unpaired) electrons. The number of carboxylic acid groups (broad SMARTS) is 1. The number of aliphatic carboxylic acids is 1. The molecule has 0 unspecified atom stereocenters. The van der Waals surface area contributed by atoms with E-state index in [1.54, 1.807) is 0 Å². The molecule has 5 nitrogen and oxygen atoms in total. The fourth-order valence-corrected chi connectivity index (χ4v) is 4.04. The number of benzene rings is 3. The number of carboxylic acids is 1. The minimum Gasteiger partial charge on any atom is -0.480 e. The first-order chi connectivity index (χ1) is 14.5. The third-order valence-electron chi connectivity index (χ3n) is 5.59. The maximum atomic E-state index is 12.5. The number of carbonyl (C=O) groups excluding carboxylic acids is 1. The molecule has 0 fully saturated rings. The highest BCUT2D eigenvalue weighted by atomic mass is 16.5. The summed E-state index contributed by atoms with van der Waals surface area (Å²) in [5.74, 6) is -1.19. The molecule has 0 saturated heterocycles. The van der Waals surface area contributed by atoms with E-state index in [0.29, 0.717) is 0 Å². The molecule has 1 amide bonds. The molecule has 30 heavy (non-hydrogen) atoms. The molecule has 0 aliphatic heterocycles. The number of fused-ring (bicyclic) bond motifs is 3. The number of rotatable bonds is 6. The van der Waals surface area contributed by atoms with E-state index in [1.807, 2.05) is 66.7 Å². The summed E-state index contributed by atoms with van der Waals surface area (Å²) in [7, 11) is 0. The molecule has 1 aliphatic carbocycles. The second-order valence-corrected chi connectivity index (χ2v) is 7.75. The van der Waals surface area contributed by atoms with Crippen molar-refractivity contribution in [2.75, 3.05) is 6.61 Å². The predicted molar refractivity (Wildman–Crippen MR) is 114 cm³/mol. The van der Waals surface area contributed by atoms with Crippen molar-refractivity contribution in [3.8, 4) is 11.1 Å². The average molecular weight is 401 g/mol. The molecule has 5 heteroatoms. The second kappa shape index (κ2) is 8.03. The van der Waals surface area contributed by atoms with Gasteiger partial charge in [0.15, 0.2) is 0 Å². The highest BCUT2D eigenvalue weighted by molar-refractivity contribution is 5.84. The molecule has 1 atom stereocenters. The van der Waals surface area contributed by atoms with Gasteiger partial charge in [-0.25, -0.2) is 9.59 Å². The third kappa shape index (κ3) is 3.79. The van der Waals surface area contributed by atoms with E-state index in [9.17, 15) is 14.7 Å². The van der Waals surface area contributed by atoms with Gasteiger partial charge in [-0.05, 0) is 34.7 Å². The van der Waals surface area contributed by atoms with Gasteiger partial charge in [0.25, 0.3) is 0 Å². The minimum absolute atomic E-state index is 0.0756. The number of hydrogen-bond donors (Lipinski definition) is 2. The Morgan fingerprint density at radius 3 is 2.00 bits per heavy atom. The van der Waals surface area contributed by atoms with Crippen LogP contribution in [0.5, 0.6) is 0 Å². The predicted octanol–water partition coefficient (Wildman–Crippen LogP) is 4.61. The first-order valence-corrected chi connectivity index (χ1v) is 9.88. The normalized spacial score (nSPS) is 14.3. The van der Waals surface area contributed by atoms with Crippen LogP contribution in [-0.2, 0) is 16.0 Å². The van der Waals surface area contributed by atoms with Crippen LogP contribution < -0.4 is 5.32 Å². The van der Waals surface area contributed by atoms with E-state index in [4.69, 9.17) is 4.74 Å². The zero-order valence-electron chi connectivity index (χ0n) is 16.7. The average Bonchev–Trinajstić information content (AvgIpc) is 3.06. The molecule has 2 N–H and O–H groups in total. The van der Waals surface area contributed by atoms with Crippen LogP contribution in [0.3, 0.4) is 0 Å². The van der Waals surface area contributed by atoms with Gasteiger partial charge < -0.3 is 15.2 Å². The number of ether oxygens (including phenoxy) is 1. The Balaban J connectivity index is 1.47. The van der Waals surface area contributed by atoms with Gasteiger partial charge in [-0.1, -0.05) is 78.9 Å². The molecule has 0 bridgehead atoms. The second-order valence-electron chi connectivity index (χ2n) is 7.75. The van der Waals surface area contributed by atoms with Crippen molar-refractivity contribution in [2.45, 2.75) is 24.8 Å². The number of alkyl carbamates (subject to hydrolysis) is 1. The molecular weight excluding hydrogens is 378 g/mol. The topological polar surface area (TPSA) is 75.6 Å². The largest absolute Gasteiger partial charge is 0.480 e. The quantitative estimate of drug-likeness (QED) is 0.632. The Labute approximate surface area is 175 Å². The molecule has 0 spiro atoms. The lowest BCUT2D eigenvalue weighted by Crippen LogP contribution is -2.54. The van der Waals surface area contributed by atoms with Gasteiger partial charge in [-0.15, -0.1) is 0 Å². The van der Waals surface area contributed by atoms with Crippen LogP contribution in [0.15, 0.2) is 78.9 Å². The molecule has 0 saturated carbocycles. The molecular formula is C25H23NO4. The van der Waals surface area contributed by atoms with E-state index in [-0.39, 0.29) is 18.9 Å². The summed E-state index contributed by atoms with van der Waals surface area (Å²) in [6.45, 7) is 1.63. The van der Waals surface area contributed by atoms with Crippen LogP contribution >= 0.6 is 0 Å². The van der Waals surface area contributed by atoms with E-state index in [2.05, 4.69) is 17.4 Å². The van der Waals surface area contributed by atoms with Crippen molar-refractivity contribution in [2.24, 2.45) is 0 Å². The van der Waals surface area contributed by atoms with Crippen LogP contribution in [0, 0.1) is 0 Å². The maximum Gasteiger partial charge on any atom is 0.408 e. The van der Waals surface area contributed by atoms with Crippen LogP contribution in [0.25, 0.3) is 11.1 Å².